The molecule has 0 aliphatic rings. The fraction of sp³-hybridized carbons (Fsp3) is 0.235. The van der Waals surface area contributed by atoms with Gasteiger partial charge in [0, 0.05) is 32.2 Å². The van der Waals surface area contributed by atoms with Crippen molar-refractivity contribution < 1.29 is 18.0 Å². The molecule has 1 aromatic carbocycles. The van der Waals surface area contributed by atoms with Gasteiger partial charge in [0.2, 0.25) is 0 Å². The molecule has 0 radical (unpaired) electrons. The SMILES string of the molecule is Cn1cc(C(=O)NCCc2ccc(-n3cccn3)cc2)c(C(F)(F)F)n1. The number of rotatable bonds is 5. The number of benzene rings is 1. The van der Waals surface area contributed by atoms with Gasteiger partial charge in [-0.15, -0.1) is 0 Å². The van der Waals surface area contributed by atoms with Gasteiger partial charge in [0.1, 0.15) is 0 Å². The smallest absolute Gasteiger partial charge is 0.352 e. The molecule has 0 bridgehead atoms. The molecule has 1 N–H and O–H groups in total. The summed E-state index contributed by atoms with van der Waals surface area (Å²) in [7, 11) is 1.34. The molecule has 1 amide bonds. The van der Waals surface area contributed by atoms with E-state index in [-0.39, 0.29) is 6.54 Å². The van der Waals surface area contributed by atoms with Crippen molar-refractivity contribution in [3.63, 3.8) is 0 Å². The zero-order valence-electron chi connectivity index (χ0n) is 13.9. The molecule has 136 valence electrons. The Kier molecular flexibility index (Phi) is 4.79. The maximum atomic E-state index is 12.9. The molecular weight excluding hydrogens is 347 g/mol. The molecule has 0 saturated heterocycles. The number of carbonyl (C=O) groups is 1. The van der Waals surface area contributed by atoms with E-state index in [2.05, 4.69) is 15.5 Å². The Morgan fingerprint density at radius 1 is 1.23 bits per heavy atom. The quantitative estimate of drug-likeness (QED) is 0.758. The lowest BCUT2D eigenvalue weighted by atomic mass is 10.1. The second-order valence-corrected chi connectivity index (χ2v) is 5.69. The summed E-state index contributed by atoms with van der Waals surface area (Å²) in [5.74, 6) is -0.793. The Bertz CT molecular complexity index is 882. The molecule has 3 rings (SSSR count). The van der Waals surface area contributed by atoms with Crippen LogP contribution >= 0.6 is 0 Å². The lowest BCUT2D eigenvalue weighted by Gasteiger charge is -2.08. The third kappa shape index (κ3) is 3.93. The average Bonchev–Trinajstić information content (AvgIpc) is 3.24. The fourth-order valence-corrected chi connectivity index (χ4v) is 2.52. The van der Waals surface area contributed by atoms with Gasteiger partial charge in [0.05, 0.1) is 11.3 Å². The average molecular weight is 363 g/mol. The Morgan fingerprint density at radius 2 is 1.96 bits per heavy atom. The monoisotopic (exact) mass is 363 g/mol. The van der Waals surface area contributed by atoms with Crippen LogP contribution in [-0.4, -0.2) is 32.0 Å². The summed E-state index contributed by atoms with van der Waals surface area (Å²) in [4.78, 5) is 12.0. The highest BCUT2D eigenvalue weighted by Gasteiger charge is 2.38. The Labute approximate surface area is 147 Å². The van der Waals surface area contributed by atoms with Crippen LogP contribution in [0.2, 0.25) is 0 Å². The number of halogens is 3. The predicted octanol–water partition coefficient (Wildman–Crippen LogP) is 2.60. The summed E-state index contributed by atoms with van der Waals surface area (Å²) in [5, 5.41) is 9.96. The van der Waals surface area contributed by atoms with Gasteiger partial charge in [0.15, 0.2) is 5.69 Å². The topological polar surface area (TPSA) is 64.7 Å². The van der Waals surface area contributed by atoms with Crippen LogP contribution in [0.4, 0.5) is 13.2 Å². The number of nitrogens with one attached hydrogen (secondary N) is 1. The fourth-order valence-electron chi connectivity index (χ4n) is 2.52. The summed E-state index contributed by atoms with van der Waals surface area (Å²) in [5.41, 5.74) is 0.187. The number of aromatic nitrogens is 4. The largest absolute Gasteiger partial charge is 0.435 e. The van der Waals surface area contributed by atoms with Crippen molar-refractivity contribution in [3.8, 4) is 5.69 Å². The van der Waals surface area contributed by atoms with Gasteiger partial charge in [-0.3, -0.25) is 9.48 Å². The third-order valence-corrected chi connectivity index (χ3v) is 3.75. The number of hydrogen-bond acceptors (Lipinski definition) is 3. The summed E-state index contributed by atoms with van der Waals surface area (Å²) >= 11 is 0. The number of aryl methyl sites for hydroxylation is 1. The van der Waals surface area contributed by atoms with Crippen LogP contribution in [-0.2, 0) is 19.6 Å². The lowest BCUT2D eigenvalue weighted by molar-refractivity contribution is -0.141. The standard InChI is InChI=1S/C17H16F3N5O/c1-24-11-14(15(23-24)17(18,19)20)16(26)21-9-7-12-3-5-13(6-4-12)25-10-2-8-22-25/h2-6,8,10-11H,7,9H2,1H3,(H,21,26). The van der Waals surface area contributed by atoms with Crippen molar-refractivity contribution in [3.05, 3.63) is 65.7 Å². The van der Waals surface area contributed by atoms with E-state index >= 15 is 0 Å². The zero-order valence-corrected chi connectivity index (χ0v) is 13.9. The van der Waals surface area contributed by atoms with E-state index in [9.17, 15) is 18.0 Å². The summed E-state index contributed by atoms with van der Waals surface area (Å²) < 4.78 is 41.4. The van der Waals surface area contributed by atoms with Crippen LogP contribution in [0.3, 0.4) is 0 Å². The molecule has 9 heteroatoms. The maximum absolute atomic E-state index is 12.9. The minimum Gasteiger partial charge on any atom is -0.352 e. The van der Waals surface area contributed by atoms with Crippen LogP contribution in [0, 0.1) is 0 Å². The van der Waals surface area contributed by atoms with Crippen molar-refractivity contribution >= 4 is 5.91 Å². The molecular formula is C17H16F3N5O. The van der Waals surface area contributed by atoms with Gasteiger partial charge in [-0.05, 0) is 30.2 Å². The highest BCUT2D eigenvalue weighted by atomic mass is 19.4. The van der Waals surface area contributed by atoms with Crippen LogP contribution in [0.5, 0.6) is 0 Å². The van der Waals surface area contributed by atoms with Crippen molar-refractivity contribution in [1.82, 2.24) is 24.9 Å². The molecule has 0 atom stereocenters. The van der Waals surface area contributed by atoms with Crippen molar-refractivity contribution in [2.24, 2.45) is 7.05 Å². The van der Waals surface area contributed by atoms with Crippen LogP contribution in [0.1, 0.15) is 21.6 Å². The summed E-state index contributed by atoms with van der Waals surface area (Å²) in [6.07, 6.45) is 0.387. The van der Waals surface area contributed by atoms with Gasteiger partial charge in [0.25, 0.3) is 5.91 Å². The molecule has 0 spiro atoms. The van der Waals surface area contributed by atoms with Gasteiger partial charge in [-0.2, -0.15) is 23.4 Å². The predicted molar refractivity (Wildman–Crippen MR) is 87.8 cm³/mol. The van der Waals surface area contributed by atoms with E-state index in [0.29, 0.717) is 6.42 Å². The molecule has 2 aromatic heterocycles. The van der Waals surface area contributed by atoms with Gasteiger partial charge in [-0.1, -0.05) is 12.1 Å². The highest BCUT2D eigenvalue weighted by molar-refractivity contribution is 5.95. The first-order chi connectivity index (χ1) is 12.3. The Hall–Kier alpha value is -3.10. The van der Waals surface area contributed by atoms with E-state index < -0.39 is 23.3 Å². The van der Waals surface area contributed by atoms with E-state index in [1.54, 1.807) is 10.9 Å². The van der Waals surface area contributed by atoms with E-state index in [4.69, 9.17) is 0 Å². The Morgan fingerprint density at radius 3 is 2.58 bits per heavy atom. The number of nitrogens with zero attached hydrogens (tertiary/aromatic N) is 4. The minimum absolute atomic E-state index is 0.214. The van der Waals surface area contributed by atoms with Crippen molar-refractivity contribution in [1.29, 1.82) is 0 Å². The first-order valence-electron chi connectivity index (χ1n) is 7.82. The molecule has 3 aromatic rings. The molecule has 0 saturated carbocycles. The van der Waals surface area contributed by atoms with Crippen molar-refractivity contribution in [2.45, 2.75) is 12.6 Å². The number of carbonyl (C=O) groups excluding carboxylic acids is 1. The van der Waals surface area contributed by atoms with Gasteiger partial charge < -0.3 is 5.32 Å². The molecule has 0 aliphatic carbocycles. The summed E-state index contributed by atoms with van der Waals surface area (Å²) in [6, 6.07) is 9.35. The van der Waals surface area contributed by atoms with E-state index in [1.807, 2.05) is 36.5 Å². The molecule has 0 aliphatic heterocycles. The second-order valence-electron chi connectivity index (χ2n) is 5.69. The van der Waals surface area contributed by atoms with E-state index in [0.717, 1.165) is 22.1 Å². The maximum Gasteiger partial charge on any atom is 0.435 e. The normalized spacial score (nSPS) is 11.5. The van der Waals surface area contributed by atoms with Gasteiger partial charge >= 0.3 is 6.18 Å². The molecule has 0 unspecified atom stereocenters. The third-order valence-electron chi connectivity index (χ3n) is 3.75. The first-order valence-corrected chi connectivity index (χ1v) is 7.82. The van der Waals surface area contributed by atoms with Crippen LogP contribution < -0.4 is 5.32 Å². The first kappa shape index (κ1) is 17.7. The number of hydrogen-bond donors (Lipinski definition) is 1. The minimum atomic E-state index is -4.67. The van der Waals surface area contributed by atoms with E-state index in [1.165, 1.54) is 7.05 Å². The second kappa shape index (κ2) is 7.03. The molecule has 0 fully saturated rings. The Balaban J connectivity index is 1.59. The lowest BCUT2D eigenvalue weighted by Crippen LogP contribution is -2.27. The zero-order chi connectivity index (χ0) is 18.7. The molecule has 26 heavy (non-hydrogen) atoms. The van der Waals surface area contributed by atoms with Crippen LogP contribution in [0.15, 0.2) is 48.9 Å². The van der Waals surface area contributed by atoms with Crippen LogP contribution in [0.25, 0.3) is 5.69 Å². The molecule has 6 nitrogen and oxygen atoms in total. The van der Waals surface area contributed by atoms with Gasteiger partial charge in [-0.25, -0.2) is 4.68 Å². The summed E-state index contributed by atoms with van der Waals surface area (Å²) in [6.45, 7) is 0.214. The van der Waals surface area contributed by atoms with Crippen molar-refractivity contribution in [2.75, 3.05) is 6.54 Å². The number of alkyl halides is 3. The number of amides is 1. The molecule has 2 heterocycles. The highest BCUT2D eigenvalue weighted by Crippen LogP contribution is 2.30.